The molecule has 1 heterocycles. The predicted molar refractivity (Wildman–Crippen MR) is 113 cm³/mol. The third-order valence-electron chi connectivity index (χ3n) is 5.78. The highest BCUT2D eigenvalue weighted by Crippen LogP contribution is 2.32. The zero-order valence-electron chi connectivity index (χ0n) is 17.7. The van der Waals surface area contributed by atoms with Gasteiger partial charge in [-0.3, -0.25) is 10.1 Å². The first kappa shape index (κ1) is 22.2. The van der Waals surface area contributed by atoms with Crippen molar-refractivity contribution in [3.05, 3.63) is 45.3 Å². The van der Waals surface area contributed by atoms with Crippen LogP contribution in [-0.4, -0.2) is 31.6 Å². The van der Waals surface area contributed by atoms with E-state index in [9.17, 15) is 18.5 Å². The molecule has 3 rings (SSSR count). The van der Waals surface area contributed by atoms with Crippen LogP contribution in [0.1, 0.15) is 49.6 Å². The molecule has 1 aromatic heterocycles. The van der Waals surface area contributed by atoms with Gasteiger partial charge in [-0.05, 0) is 57.6 Å². The fourth-order valence-corrected chi connectivity index (χ4v) is 5.18. The molecule has 0 radical (unpaired) electrons. The first-order valence-electron chi connectivity index (χ1n) is 10.0. The van der Waals surface area contributed by atoms with Crippen LogP contribution >= 0.6 is 0 Å². The number of nitro benzene ring substituents is 1. The maximum atomic E-state index is 12.8. The molecular weight excluding hydrogens is 408 g/mol. The second kappa shape index (κ2) is 8.73. The average molecular weight is 437 g/mol. The van der Waals surface area contributed by atoms with Crippen LogP contribution in [0, 0.1) is 29.9 Å². The molecule has 0 bridgehead atoms. The number of aryl methyl sites for hydroxylation is 2. The summed E-state index contributed by atoms with van der Waals surface area (Å²) in [5, 5.41) is 15.6. The van der Waals surface area contributed by atoms with Crippen molar-refractivity contribution in [1.82, 2.24) is 9.88 Å². The smallest absolute Gasteiger partial charge is 0.293 e. The number of nitro groups is 1. The monoisotopic (exact) mass is 436 g/mol. The summed E-state index contributed by atoms with van der Waals surface area (Å²) in [5.41, 5.74) is 1.62. The van der Waals surface area contributed by atoms with E-state index in [1.165, 1.54) is 12.1 Å². The normalized spacial score (nSPS) is 19.6. The maximum absolute atomic E-state index is 12.8. The quantitative estimate of drug-likeness (QED) is 0.519. The molecule has 1 aliphatic carbocycles. The van der Waals surface area contributed by atoms with Crippen LogP contribution in [0.5, 0.6) is 0 Å². The fourth-order valence-electron chi connectivity index (χ4n) is 3.85. The molecule has 0 saturated heterocycles. The Morgan fingerprint density at radius 3 is 2.50 bits per heavy atom. The van der Waals surface area contributed by atoms with Crippen molar-refractivity contribution < 1.29 is 17.9 Å². The summed E-state index contributed by atoms with van der Waals surface area (Å²) < 4.78 is 33.5. The molecule has 30 heavy (non-hydrogen) atoms. The lowest BCUT2D eigenvalue weighted by molar-refractivity contribution is -0.384. The van der Waals surface area contributed by atoms with Crippen LogP contribution < -0.4 is 9.62 Å². The minimum atomic E-state index is -3.84. The van der Waals surface area contributed by atoms with Gasteiger partial charge in [-0.25, -0.2) is 13.1 Å². The zero-order chi connectivity index (χ0) is 22.1. The Balaban J connectivity index is 1.85. The van der Waals surface area contributed by atoms with Gasteiger partial charge in [-0.2, -0.15) is 0 Å². The van der Waals surface area contributed by atoms with Crippen LogP contribution in [0.25, 0.3) is 0 Å². The molecule has 0 unspecified atom stereocenters. The average Bonchev–Trinajstić information content (AvgIpc) is 3.01. The number of rotatable bonds is 7. The van der Waals surface area contributed by atoms with Crippen molar-refractivity contribution in [3.8, 4) is 0 Å². The summed E-state index contributed by atoms with van der Waals surface area (Å²) >= 11 is 0. The number of nitrogens with zero attached hydrogens (tertiary/aromatic N) is 3. The van der Waals surface area contributed by atoms with Crippen molar-refractivity contribution in [2.24, 2.45) is 5.92 Å². The van der Waals surface area contributed by atoms with Gasteiger partial charge in [0, 0.05) is 31.3 Å². The van der Waals surface area contributed by atoms with Gasteiger partial charge in [0.15, 0.2) is 0 Å². The molecule has 0 spiro atoms. The summed E-state index contributed by atoms with van der Waals surface area (Å²) in [6.07, 6.45) is 3.50. The molecule has 0 aliphatic heterocycles. The first-order valence-corrected chi connectivity index (χ1v) is 11.5. The van der Waals surface area contributed by atoms with Gasteiger partial charge in [0.25, 0.3) is 5.69 Å². The van der Waals surface area contributed by atoms with Gasteiger partial charge < -0.3 is 9.42 Å². The molecule has 9 nitrogen and oxygen atoms in total. The number of sulfonamides is 1. The van der Waals surface area contributed by atoms with Crippen LogP contribution in [0.4, 0.5) is 11.4 Å². The van der Waals surface area contributed by atoms with E-state index in [0.717, 1.165) is 37.3 Å². The van der Waals surface area contributed by atoms with Gasteiger partial charge in [0.05, 0.1) is 15.5 Å². The van der Waals surface area contributed by atoms with E-state index < -0.39 is 14.9 Å². The van der Waals surface area contributed by atoms with Gasteiger partial charge >= 0.3 is 0 Å². The number of benzene rings is 1. The number of anilines is 1. The van der Waals surface area contributed by atoms with Crippen LogP contribution in [0.2, 0.25) is 0 Å². The molecule has 0 amide bonds. The van der Waals surface area contributed by atoms with Crippen LogP contribution in [0.3, 0.4) is 0 Å². The number of nitrogens with one attached hydrogen (secondary N) is 1. The number of aromatic nitrogens is 1. The lowest BCUT2D eigenvalue weighted by Gasteiger charge is -2.26. The largest absolute Gasteiger partial charge is 0.365 e. The van der Waals surface area contributed by atoms with E-state index in [0.29, 0.717) is 29.6 Å². The van der Waals surface area contributed by atoms with Crippen LogP contribution in [-0.2, 0) is 16.6 Å². The van der Waals surface area contributed by atoms with Gasteiger partial charge in [0.2, 0.25) is 10.0 Å². The van der Waals surface area contributed by atoms with Crippen molar-refractivity contribution in [1.29, 1.82) is 0 Å². The molecule has 1 aromatic carbocycles. The minimum Gasteiger partial charge on any atom is -0.365 e. The molecule has 1 fully saturated rings. The standard InChI is InChI=1S/C20H28N4O5S/c1-13-5-7-16(8-6-13)22-30(27,28)17-9-10-19(20(11-17)24(25)26)23(4)12-18-14(2)21-29-15(18)3/h9-11,13,16,22H,5-8,12H2,1-4H3. The van der Waals surface area contributed by atoms with Crippen molar-refractivity contribution in [2.75, 3.05) is 11.9 Å². The SMILES string of the molecule is Cc1noc(C)c1CN(C)c1ccc(S(=O)(=O)NC2CCC(C)CC2)cc1[N+](=O)[O-]. The Kier molecular flexibility index (Phi) is 6.47. The van der Waals surface area contributed by atoms with E-state index in [2.05, 4.69) is 16.8 Å². The second-order valence-electron chi connectivity index (χ2n) is 8.14. The van der Waals surface area contributed by atoms with Gasteiger partial charge in [-0.1, -0.05) is 12.1 Å². The van der Waals surface area contributed by atoms with Crippen LogP contribution in [0.15, 0.2) is 27.6 Å². The van der Waals surface area contributed by atoms with Crippen molar-refractivity contribution in [2.45, 2.75) is 63.9 Å². The van der Waals surface area contributed by atoms with E-state index >= 15 is 0 Å². The van der Waals surface area contributed by atoms with Crippen molar-refractivity contribution in [3.63, 3.8) is 0 Å². The molecule has 164 valence electrons. The summed E-state index contributed by atoms with van der Waals surface area (Å²) in [6.45, 7) is 6.10. The third-order valence-corrected chi connectivity index (χ3v) is 7.30. The molecular formula is C20H28N4O5S. The Morgan fingerprint density at radius 1 is 1.27 bits per heavy atom. The Morgan fingerprint density at radius 2 is 1.93 bits per heavy atom. The topological polar surface area (TPSA) is 119 Å². The maximum Gasteiger partial charge on any atom is 0.293 e. The summed E-state index contributed by atoms with van der Waals surface area (Å²) in [6, 6.07) is 3.90. The molecule has 0 atom stereocenters. The highest BCUT2D eigenvalue weighted by Gasteiger charge is 2.27. The molecule has 1 saturated carbocycles. The Bertz CT molecular complexity index is 1010. The van der Waals surface area contributed by atoms with E-state index in [1.54, 1.807) is 25.8 Å². The molecule has 2 aromatic rings. The van der Waals surface area contributed by atoms with Gasteiger partial charge in [0.1, 0.15) is 11.4 Å². The lowest BCUT2D eigenvalue weighted by Crippen LogP contribution is -2.37. The summed E-state index contributed by atoms with van der Waals surface area (Å²) in [4.78, 5) is 12.7. The first-order chi connectivity index (χ1) is 14.1. The summed E-state index contributed by atoms with van der Waals surface area (Å²) in [5.74, 6) is 1.24. The Hall–Kier alpha value is -2.46. The molecule has 1 aliphatic rings. The second-order valence-corrected chi connectivity index (χ2v) is 9.86. The lowest BCUT2D eigenvalue weighted by atomic mass is 9.88. The third kappa shape index (κ3) is 4.81. The number of hydrogen-bond acceptors (Lipinski definition) is 7. The van der Waals surface area contributed by atoms with E-state index in [-0.39, 0.29) is 16.6 Å². The van der Waals surface area contributed by atoms with E-state index in [4.69, 9.17) is 4.52 Å². The number of hydrogen-bond donors (Lipinski definition) is 1. The van der Waals surface area contributed by atoms with E-state index in [1.807, 2.05) is 0 Å². The molecule has 1 N–H and O–H groups in total. The predicted octanol–water partition coefficient (Wildman–Crippen LogP) is 3.69. The van der Waals surface area contributed by atoms with Gasteiger partial charge in [-0.15, -0.1) is 0 Å². The zero-order valence-corrected chi connectivity index (χ0v) is 18.5. The minimum absolute atomic E-state index is 0.0951. The molecule has 10 heteroatoms. The summed E-state index contributed by atoms with van der Waals surface area (Å²) in [7, 11) is -2.13. The Labute approximate surface area is 176 Å². The van der Waals surface area contributed by atoms with Crippen molar-refractivity contribution >= 4 is 21.4 Å². The highest BCUT2D eigenvalue weighted by molar-refractivity contribution is 7.89. The highest BCUT2D eigenvalue weighted by atomic mass is 32.2. The fraction of sp³-hybridized carbons (Fsp3) is 0.550.